The van der Waals surface area contributed by atoms with Crippen LogP contribution in [-0.2, 0) is 26.7 Å². The molecule has 0 unspecified atom stereocenters. The number of sulfone groups is 1. The van der Waals surface area contributed by atoms with Crippen molar-refractivity contribution in [1.82, 2.24) is 9.97 Å². The van der Waals surface area contributed by atoms with Crippen molar-refractivity contribution in [3.63, 3.8) is 0 Å². The Morgan fingerprint density at radius 2 is 2.06 bits per heavy atom. The number of carbonyl (C=O) groups is 1. The summed E-state index contributed by atoms with van der Waals surface area (Å²) in [5, 5.41) is 0. The Hall–Kier alpha value is -1.50. The molecule has 1 aromatic rings. The molecule has 0 aromatic carbocycles. The van der Waals surface area contributed by atoms with Crippen LogP contribution in [0.15, 0.2) is 6.20 Å². The van der Waals surface area contributed by atoms with Gasteiger partial charge in [0.2, 0.25) is 0 Å². The molecule has 0 aliphatic rings. The van der Waals surface area contributed by atoms with Crippen LogP contribution in [0.25, 0.3) is 0 Å². The van der Waals surface area contributed by atoms with E-state index in [1.54, 1.807) is 6.92 Å². The van der Waals surface area contributed by atoms with Gasteiger partial charge in [0.15, 0.2) is 9.84 Å². The summed E-state index contributed by atoms with van der Waals surface area (Å²) in [6.45, 7) is 3.81. The minimum atomic E-state index is -3.19. The zero-order valence-electron chi connectivity index (χ0n) is 10.6. The normalized spacial score (nSPS) is 11.3. The summed E-state index contributed by atoms with van der Waals surface area (Å²) in [5.74, 6) is -0.522. The van der Waals surface area contributed by atoms with Crippen LogP contribution < -0.4 is 0 Å². The van der Waals surface area contributed by atoms with Gasteiger partial charge in [-0.1, -0.05) is 6.92 Å². The summed E-state index contributed by atoms with van der Waals surface area (Å²) in [6.07, 6.45) is 2.94. The van der Waals surface area contributed by atoms with Crippen LogP contribution in [0.2, 0.25) is 0 Å². The van der Waals surface area contributed by atoms with Gasteiger partial charge in [-0.3, -0.25) is 0 Å². The van der Waals surface area contributed by atoms with Crippen LogP contribution >= 0.6 is 0 Å². The molecule has 7 heteroatoms. The van der Waals surface area contributed by atoms with Crippen molar-refractivity contribution in [2.24, 2.45) is 0 Å². The topological polar surface area (TPSA) is 86.2 Å². The molecule has 1 heterocycles. The first-order valence-corrected chi connectivity index (χ1v) is 7.63. The van der Waals surface area contributed by atoms with Crippen molar-refractivity contribution < 1.29 is 17.9 Å². The molecule has 0 atom stereocenters. The molecule has 0 spiro atoms. The Bertz CT molecular complexity index is 540. The highest BCUT2D eigenvalue weighted by atomic mass is 32.2. The Kier molecular flexibility index (Phi) is 4.77. The maximum absolute atomic E-state index is 11.6. The lowest BCUT2D eigenvalue weighted by atomic mass is 10.2. The van der Waals surface area contributed by atoms with Gasteiger partial charge in [-0.2, -0.15) is 0 Å². The van der Waals surface area contributed by atoms with Gasteiger partial charge >= 0.3 is 5.97 Å². The molecule has 0 bridgehead atoms. The Morgan fingerprint density at radius 1 is 1.39 bits per heavy atom. The predicted octanol–water partition coefficient (Wildman–Crippen LogP) is 0.760. The van der Waals surface area contributed by atoms with Crippen molar-refractivity contribution in [3.8, 4) is 0 Å². The molecule has 100 valence electrons. The molecule has 18 heavy (non-hydrogen) atoms. The number of esters is 1. The van der Waals surface area contributed by atoms with E-state index in [0.717, 1.165) is 6.26 Å². The molecule has 0 aliphatic heterocycles. The fourth-order valence-corrected chi connectivity index (χ4v) is 2.02. The molecule has 0 saturated heterocycles. The van der Waals surface area contributed by atoms with E-state index in [1.165, 1.54) is 6.20 Å². The summed E-state index contributed by atoms with van der Waals surface area (Å²) >= 11 is 0. The minimum Gasteiger partial charge on any atom is -0.462 e. The number of carbonyl (C=O) groups excluding carboxylic acids is 1. The number of hydrogen-bond acceptors (Lipinski definition) is 6. The average molecular weight is 272 g/mol. The van der Waals surface area contributed by atoms with Crippen LogP contribution in [-0.4, -0.2) is 37.2 Å². The standard InChI is InChI=1S/C11H16N2O4S/c1-4-9-8(11(14)17-5-2)6-12-10(13-9)7-18(3,15)16/h6H,4-5,7H2,1-3H3. The largest absolute Gasteiger partial charge is 0.462 e. The van der Waals surface area contributed by atoms with E-state index in [-0.39, 0.29) is 23.7 Å². The van der Waals surface area contributed by atoms with E-state index in [1.807, 2.05) is 6.92 Å². The molecule has 0 amide bonds. The Morgan fingerprint density at radius 3 is 2.56 bits per heavy atom. The molecule has 0 aliphatic carbocycles. The minimum absolute atomic E-state index is 0.197. The molecule has 0 fully saturated rings. The first-order chi connectivity index (χ1) is 8.37. The van der Waals surface area contributed by atoms with E-state index in [4.69, 9.17) is 4.74 Å². The van der Waals surface area contributed by atoms with E-state index < -0.39 is 15.8 Å². The second kappa shape index (κ2) is 5.90. The van der Waals surface area contributed by atoms with Crippen LogP contribution in [0, 0.1) is 0 Å². The van der Waals surface area contributed by atoms with Crippen LogP contribution in [0.3, 0.4) is 0 Å². The number of rotatable bonds is 5. The lowest BCUT2D eigenvalue weighted by Crippen LogP contribution is -2.13. The van der Waals surface area contributed by atoms with Crippen LogP contribution in [0.5, 0.6) is 0 Å². The predicted molar refractivity (Wildman–Crippen MR) is 65.9 cm³/mol. The summed E-state index contributed by atoms with van der Waals surface area (Å²) in [4.78, 5) is 19.6. The van der Waals surface area contributed by atoms with Crippen LogP contribution in [0.4, 0.5) is 0 Å². The smallest absolute Gasteiger partial charge is 0.341 e. The van der Waals surface area contributed by atoms with Gasteiger partial charge in [-0.15, -0.1) is 0 Å². The second-order valence-corrected chi connectivity index (χ2v) is 5.93. The molecule has 0 radical (unpaired) electrons. The third-order valence-corrected chi connectivity index (χ3v) is 2.92. The van der Waals surface area contributed by atoms with Gasteiger partial charge in [0.1, 0.15) is 11.6 Å². The first-order valence-electron chi connectivity index (χ1n) is 5.57. The van der Waals surface area contributed by atoms with Gasteiger partial charge in [-0.25, -0.2) is 23.2 Å². The van der Waals surface area contributed by atoms with Gasteiger partial charge in [0.25, 0.3) is 0 Å². The molecule has 6 nitrogen and oxygen atoms in total. The number of aromatic nitrogens is 2. The van der Waals surface area contributed by atoms with Gasteiger partial charge in [0.05, 0.1) is 17.9 Å². The quantitative estimate of drug-likeness (QED) is 0.735. The highest BCUT2D eigenvalue weighted by Gasteiger charge is 2.16. The zero-order chi connectivity index (χ0) is 13.8. The van der Waals surface area contributed by atoms with E-state index in [0.29, 0.717) is 12.1 Å². The van der Waals surface area contributed by atoms with Crippen molar-refractivity contribution in [2.75, 3.05) is 12.9 Å². The van der Waals surface area contributed by atoms with Crippen molar-refractivity contribution >= 4 is 15.8 Å². The number of aryl methyl sites for hydroxylation is 1. The van der Waals surface area contributed by atoms with Crippen molar-refractivity contribution in [1.29, 1.82) is 0 Å². The SMILES string of the molecule is CCOC(=O)c1cnc(CS(C)(=O)=O)nc1CC. The summed E-state index contributed by atoms with van der Waals surface area (Å²) in [7, 11) is -3.19. The van der Waals surface area contributed by atoms with E-state index in [9.17, 15) is 13.2 Å². The van der Waals surface area contributed by atoms with Crippen molar-refractivity contribution in [2.45, 2.75) is 26.0 Å². The molecule has 0 saturated carbocycles. The fraction of sp³-hybridized carbons (Fsp3) is 0.545. The maximum atomic E-state index is 11.6. The van der Waals surface area contributed by atoms with E-state index >= 15 is 0 Å². The van der Waals surface area contributed by atoms with Crippen LogP contribution in [0.1, 0.15) is 35.7 Å². The summed E-state index contributed by atoms with van der Waals surface area (Å²) in [5.41, 5.74) is 0.790. The van der Waals surface area contributed by atoms with Crippen molar-refractivity contribution in [3.05, 3.63) is 23.3 Å². The lowest BCUT2D eigenvalue weighted by Gasteiger charge is -2.07. The average Bonchev–Trinajstić information content (AvgIpc) is 2.27. The number of hydrogen-bond donors (Lipinski definition) is 0. The number of ether oxygens (including phenoxy) is 1. The first kappa shape index (κ1) is 14.6. The summed E-state index contributed by atoms with van der Waals surface area (Å²) < 4.78 is 27.2. The monoisotopic (exact) mass is 272 g/mol. The highest BCUT2D eigenvalue weighted by molar-refractivity contribution is 7.89. The van der Waals surface area contributed by atoms with E-state index in [2.05, 4.69) is 9.97 Å². The number of nitrogens with zero attached hydrogens (tertiary/aromatic N) is 2. The molecular weight excluding hydrogens is 256 g/mol. The third-order valence-electron chi connectivity index (χ3n) is 2.14. The molecule has 1 aromatic heterocycles. The Balaban J connectivity index is 3.07. The second-order valence-electron chi connectivity index (χ2n) is 3.79. The Labute approximate surface area is 106 Å². The molecule has 0 N–H and O–H groups in total. The third kappa shape index (κ3) is 4.06. The zero-order valence-corrected chi connectivity index (χ0v) is 11.5. The van der Waals surface area contributed by atoms with Gasteiger partial charge in [-0.05, 0) is 13.3 Å². The molecule has 1 rings (SSSR count). The highest BCUT2D eigenvalue weighted by Crippen LogP contribution is 2.09. The summed E-state index contributed by atoms with van der Waals surface area (Å²) in [6, 6.07) is 0. The molecular formula is C11H16N2O4S. The fourth-order valence-electron chi connectivity index (χ4n) is 1.41. The van der Waals surface area contributed by atoms with Gasteiger partial charge < -0.3 is 4.74 Å². The lowest BCUT2D eigenvalue weighted by molar-refractivity contribution is 0.0524. The van der Waals surface area contributed by atoms with Gasteiger partial charge in [0, 0.05) is 12.5 Å². The maximum Gasteiger partial charge on any atom is 0.341 e.